The molecule has 1 aromatic heterocycles. The van der Waals surface area contributed by atoms with E-state index in [9.17, 15) is 14.7 Å². The highest BCUT2D eigenvalue weighted by molar-refractivity contribution is 7.19. The van der Waals surface area contributed by atoms with E-state index in [1.54, 1.807) is 17.0 Å². The molecule has 1 fully saturated rings. The number of carbonyl (C=O) groups excluding carboxylic acids is 2. The van der Waals surface area contributed by atoms with E-state index in [-0.39, 0.29) is 25.0 Å². The van der Waals surface area contributed by atoms with Crippen LogP contribution in [0.5, 0.6) is 0 Å². The molecule has 2 aromatic carbocycles. The lowest BCUT2D eigenvalue weighted by molar-refractivity contribution is -0.121. The van der Waals surface area contributed by atoms with Gasteiger partial charge < -0.3 is 14.7 Å². The highest BCUT2D eigenvalue weighted by atomic mass is 32.1. The highest BCUT2D eigenvalue weighted by Crippen LogP contribution is 2.31. The number of esters is 1. The van der Waals surface area contributed by atoms with E-state index in [1.807, 2.05) is 36.1 Å². The van der Waals surface area contributed by atoms with Crippen molar-refractivity contribution in [2.45, 2.75) is 19.6 Å². The Balaban J connectivity index is 1.27. The maximum Gasteiger partial charge on any atom is 0.338 e. The van der Waals surface area contributed by atoms with Gasteiger partial charge in [0, 0.05) is 35.6 Å². The molecular weight excluding hydrogens is 426 g/mol. The number of cyclic esters (lactones) is 1. The Morgan fingerprint density at radius 2 is 2.06 bits per heavy atom. The van der Waals surface area contributed by atoms with Crippen molar-refractivity contribution in [3.8, 4) is 6.07 Å². The Morgan fingerprint density at radius 3 is 2.84 bits per heavy atom. The molecule has 1 saturated heterocycles. The Kier molecular flexibility index (Phi) is 5.18. The number of hydrogen-bond donors (Lipinski definition) is 1. The van der Waals surface area contributed by atoms with Crippen molar-refractivity contribution in [2.24, 2.45) is 0 Å². The molecule has 1 atom stereocenters. The molecule has 1 N–H and O–H groups in total. The van der Waals surface area contributed by atoms with Crippen molar-refractivity contribution in [3.63, 3.8) is 0 Å². The average molecular weight is 448 g/mol. The number of benzene rings is 2. The molecule has 5 rings (SSSR count). The van der Waals surface area contributed by atoms with Crippen molar-refractivity contribution >= 4 is 39.0 Å². The summed E-state index contributed by atoms with van der Waals surface area (Å²) in [5.41, 5.74) is 3.84. The lowest BCUT2D eigenvalue weighted by Crippen LogP contribution is -2.51. The maximum atomic E-state index is 12.9. The number of nitrogens with zero attached hydrogens (tertiary/aromatic N) is 3. The first kappa shape index (κ1) is 20.6. The van der Waals surface area contributed by atoms with E-state index in [1.165, 1.54) is 11.3 Å². The SMILES string of the molecule is Cc1c([C@@H](O)CN2CCN(c3ccc4cc(C#N)sc4c3)C(=O)C2)ccc2c1COC2=O. The molecule has 0 aliphatic carbocycles. The fourth-order valence-corrected chi connectivity index (χ4v) is 5.36. The van der Waals surface area contributed by atoms with Gasteiger partial charge in [0.15, 0.2) is 0 Å². The Bertz CT molecular complexity index is 1290. The van der Waals surface area contributed by atoms with Crippen LogP contribution in [0.25, 0.3) is 10.1 Å². The third-order valence-corrected chi connectivity index (χ3v) is 7.23. The summed E-state index contributed by atoms with van der Waals surface area (Å²) in [5, 5.41) is 21.0. The minimum Gasteiger partial charge on any atom is -0.457 e. The van der Waals surface area contributed by atoms with Crippen molar-refractivity contribution in [2.75, 3.05) is 31.1 Å². The lowest BCUT2D eigenvalue weighted by atomic mass is 9.95. The number of carbonyl (C=O) groups is 2. The van der Waals surface area contributed by atoms with Gasteiger partial charge >= 0.3 is 5.97 Å². The molecule has 3 aromatic rings. The molecule has 0 unspecified atom stereocenters. The average Bonchev–Trinajstić information content (AvgIpc) is 3.37. The molecule has 162 valence electrons. The maximum absolute atomic E-state index is 12.9. The molecule has 2 aliphatic rings. The van der Waals surface area contributed by atoms with Crippen LogP contribution in [-0.2, 0) is 16.1 Å². The number of amides is 1. The topological polar surface area (TPSA) is 93.9 Å². The molecule has 7 nitrogen and oxygen atoms in total. The Morgan fingerprint density at radius 1 is 1.22 bits per heavy atom. The predicted molar refractivity (Wildman–Crippen MR) is 121 cm³/mol. The van der Waals surface area contributed by atoms with Crippen molar-refractivity contribution in [1.82, 2.24) is 4.90 Å². The van der Waals surface area contributed by atoms with Gasteiger partial charge in [-0.25, -0.2) is 4.79 Å². The van der Waals surface area contributed by atoms with E-state index in [0.717, 1.165) is 32.5 Å². The molecule has 0 spiro atoms. The molecule has 3 heterocycles. The van der Waals surface area contributed by atoms with Crippen LogP contribution in [0.3, 0.4) is 0 Å². The largest absolute Gasteiger partial charge is 0.457 e. The molecule has 0 radical (unpaired) electrons. The molecule has 1 amide bonds. The zero-order valence-corrected chi connectivity index (χ0v) is 18.3. The smallest absolute Gasteiger partial charge is 0.338 e. The van der Waals surface area contributed by atoms with Gasteiger partial charge in [0.05, 0.1) is 18.2 Å². The van der Waals surface area contributed by atoms with Gasteiger partial charge in [-0.1, -0.05) is 12.1 Å². The van der Waals surface area contributed by atoms with Crippen LogP contribution in [0.1, 0.15) is 38.0 Å². The van der Waals surface area contributed by atoms with Gasteiger partial charge in [-0.15, -0.1) is 11.3 Å². The van der Waals surface area contributed by atoms with Crippen LogP contribution < -0.4 is 4.90 Å². The summed E-state index contributed by atoms with van der Waals surface area (Å²) in [5.74, 6) is -0.347. The van der Waals surface area contributed by atoms with Gasteiger partial charge in [-0.2, -0.15) is 5.26 Å². The Hall–Kier alpha value is -3.25. The summed E-state index contributed by atoms with van der Waals surface area (Å²) in [6, 6.07) is 13.3. The van der Waals surface area contributed by atoms with Crippen molar-refractivity contribution in [1.29, 1.82) is 5.26 Å². The van der Waals surface area contributed by atoms with Gasteiger partial charge in [0.1, 0.15) is 17.6 Å². The fraction of sp³-hybridized carbons (Fsp3) is 0.292. The van der Waals surface area contributed by atoms with E-state index in [2.05, 4.69) is 6.07 Å². The Labute approximate surface area is 189 Å². The number of aliphatic hydroxyl groups excluding tert-OH is 1. The summed E-state index contributed by atoms with van der Waals surface area (Å²) in [4.78, 5) is 29.0. The second-order valence-electron chi connectivity index (χ2n) is 8.12. The summed E-state index contributed by atoms with van der Waals surface area (Å²) in [6.45, 7) is 3.85. The zero-order valence-electron chi connectivity index (χ0n) is 17.5. The van der Waals surface area contributed by atoms with Crippen LogP contribution in [-0.4, -0.2) is 48.1 Å². The molecule has 8 heteroatoms. The summed E-state index contributed by atoms with van der Waals surface area (Å²) in [7, 11) is 0. The second-order valence-corrected chi connectivity index (χ2v) is 9.21. The van der Waals surface area contributed by atoms with Gasteiger partial charge in [-0.3, -0.25) is 9.69 Å². The normalized spacial score (nSPS) is 17.3. The molecule has 0 saturated carbocycles. The van der Waals surface area contributed by atoms with Gasteiger partial charge in [0.25, 0.3) is 0 Å². The number of anilines is 1. The van der Waals surface area contributed by atoms with E-state index in [0.29, 0.717) is 30.1 Å². The minimum atomic E-state index is -0.762. The highest BCUT2D eigenvalue weighted by Gasteiger charge is 2.29. The summed E-state index contributed by atoms with van der Waals surface area (Å²) >= 11 is 1.42. The standard InChI is InChI=1S/C24H21N3O4S/c1-14-18(4-5-19-20(14)13-31-24(19)30)21(28)11-26-6-7-27(23(29)12-26)16-3-2-15-8-17(10-25)32-22(15)9-16/h2-5,8-9,21,28H,6-7,11-13H2,1H3/t21-/m0/s1. The molecular formula is C24H21N3O4S. The van der Waals surface area contributed by atoms with Crippen molar-refractivity contribution < 1.29 is 19.4 Å². The van der Waals surface area contributed by atoms with E-state index < -0.39 is 6.10 Å². The monoisotopic (exact) mass is 447 g/mol. The number of fused-ring (bicyclic) bond motifs is 2. The molecule has 0 bridgehead atoms. The van der Waals surface area contributed by atoms with Gasteiger partial charge in [0.2, 0.25) is 5.91 Å². The van der Waals surface area contributed by atoms with Crippen molar-refractivity contribution in [3.05, 3.63) is 63.5 Å². The first-order valence-electron chi connectivity index (χ1n) is 10.4. The minimum absolute atomic E-state index is 0.0236. The number of ether oxygens (including phenoxy) is 1. The van der Waals surface area contributed by atoms with E-state index >= 15 is 0 Å². The number of nitriles is 1. The summed E-state index contributed by atoms with van der Waals surface area (Å²) < 4.78 is 6.08. The zero-order chi connectivity index (χ0) is 22.4. The number of aliphatic hydroxyl groups is 1. The third kappa shape index (κ3) is 3.54. The number of β-amino-alcohol motifs (C(OH)–C–C–N with tert-alkyl or cyclic N) is 1. The number of rotatable bonds is 4. The molecule has 32 heavy (non-hydrogen) atoms. The van der Waals surface area contributed by atoms with Crippen LogP contribution in [0.4, 0.5) is 5.69 Å². The lowest BCUT2D eigenvalue weighted by Gasteiger charge is -2.35. The number of piperazine rings is 1. The summed E-state index contributed by atoms with van der Waals surface area (Å²) in [6.07, 6.45) is -0.762. The first-order chi connectivity index (χ1) is 15.4. The van der Waals surface area contributed by atoms with Crippen LogP contribution in [0.15, 0.2) is 36.4 Å². The predicted octanol–water partition coefficient (Wildman–Crippen LogP) is 3.13. The fourth-order valence-electron chi connectivity index (χ4n) is 4.47. The molecule has 2 aliphatic heterocycles. The van der Waals surface area contributed by atoms with E-state index in [4.69, 9.17) is 10.00 Å². The van der Waals surface area contributed by atoms with Crippen LogP contribution in [0, 0.1) is 18.3 Å². The number of thiophene rings is 1. The van der Waals surface area contributed by atoms with Crippen LogP contribution >= 0.6 is 11.3 Å². The first-order valence-corrected chi connectivity index (χ1v) is 11.2. The van der Waals surface area contributed by atoms with Crippen LogP contribution in [0.2, 0.25) is 0 Å². The van der Waals surface area contributed by atoms with Gasteiger partial charge in [-0.05, 0) is 47.7 Å². The third-order valence-electron chi connectivity index (χ3n) is 6.22. The second kappa shape index (κ2) is 8.02. The quantitative estimate of drug-likeness (QED) is 0.618. The number of hydrogen-bond acceptors (Lipinski definition) is 7.